The Labute approximate surface area is 155 Å². The van der Waals surface area contributed by atoms with E-state index in [4.69, 9.17) is 0 Å². The smallest absolute Gasteiger partial charge is 0.159 e. The van der Waals surface area contributed by atoms with E-state index in [2.05, 4.69) is 9.97 Å². The van der Waals surface area contributed by atoms with Crippen LogP contribution >= 0.6 is 0 Å². The molecule has 8 heteroatoms. The molecule has 0 radical (unpaired) electrons. The maximum Gasteiger partial charge on any atom is 0.159 e. The van der Waals surface area contributed by atoms with Crippen LogP contribution in [0.4, 0.5) is 0 Å². The van der Waals surface area contributed by atoms with Crippen LogP contribution in [-0.2, 0) is 33.7 Å². The van der Waals surface area contributed by atoms with Crippen LogP contribution in [0, 0.1) is 0 Å². The molecule has 0 saturated heterocycles. The van der Waals surface area contributed by atoms with Crippen molar-refractivity contribution in [2.75, 3.05) is 0 Å². The molecule has 2 aromatic carbocycles. The first-order valence-electron chi connectivity index (χ1n) is 7.64. The Morgan fingerprint density at radius 2 is 1.38 bits per heavy atom. The molecule has 0 aliphatic heterocycles. The maximum absolute atomic E-state index is 10.9. The van der Waals surface area contributed by atoms with E-state index in [1.54, 1.807) is 48.7 Å². The van der Waals surface area contributed by atoms with Crippen LogP contribution in [-0.4, -0.2) is 27.5 Å². The minimum absolute atomic E-state index is 0.0554. The average Bonchev–Trinajstić information content (AvgIpc) is 2.61. The van der Waals surface area contributed by atoms with Crippen LogP contribution in [0.2, 0.25) is 0 Å². The molecule has 3 aromatic rings. The van der Waals surface area contributed by atoms with Gasteiger partial charge in [0, 0.05) is 28.8 Å². The van der Waals surface area contributed by atoms with E-state index in [1.807, 2.05) is 12.1 Å². The van der Waals surface area contributed by atoms with Gasteiger partial charge in [0.25, 0.3) is 0 Å². The van der Waals surface area contributed by atoms with Crippen LogP contribution in [0.1, 0.15) is 11.1 Å². The van der Waals surface area contributed by atoms with E-state index in [1.165, 1.54) is 0 Å². The Balaban J connectivity index is 1.94. The Morgan fingerprint density at radius 3 is 2.00 bits per heavy atom. The molecule has 1 aromatic heterocycles. The van der Waals surface area contributed by atoms with Crippen LogP contribution in [0.3, 0.4) is 0 Å². The molecule has 0 aliphatic rings. The van der Waals surface area contributed by atoms with Crippen molar-refractivity contribution in [2.45, 2.75) is 11.5 Å². The molecule has 3 rings (SSSR count). The number of hydrogen-bond acceptors (Lipinski definition) is 6. The lowest BCUT2D eigenvalue weighted by atomic mass is 10.1. The monoisotopic (exact) mass is 386 g/mol. The third-order valence-corrected chi connectivity index (χ3v) is 4.77. The first kappa shape index (κ1) is 18.5. The number of aromatic nitrogens is 2. The zero-order chi connectivity index (χ0) is 18.5. The summed E-state index contributed by atoms with van der Waals surface area (Å²) in [5.41, 5.74) is 3.49. The third-order valence-electron chi connectivity index (χ3n) is 3.63. The summed E-state index contributed by atoms with van der Waals surface area (Å²) < 4.78 is 43.6. The summed E-state index contributed by atoms with van der Waals surface area (Å²) in [6.45, 7) is 0. The largest absolute Gasteiger partial charge is 0.772 e. The predicted octanol–water partition coefficient (Wildman–Crippen LogP) is 2.57. The minimum atomic E-state index is -2.16. The summed E-state index contributed by atoms with van der Waals surface area (Å²) in [6.07, 6.45) is 1.62. The molecule has 0 aliphatic carbocycles. The lowest BCUT2D eigenvalue weighted by molar-refractivity contribution is 0.534. The molecular formula is C18H14N2O4S2-2. The zero-order valence-corrected chi connectivity index (χ0v) is 15.2. The van der Waals surface area contributed by atoms with Crippen LogP contribution in [0.5, 0.6) is 0 Å². The fourth-order valence-electron chi connectivity index (χ4n) is 2.55. The van der Waals surface area contributed by atoms with Crippen molar-refractivity contribution in [2.24, 2.45) is 0 Å². The van der Waals surface area contributed by atoms with Gasteiger partial charge in [-0.25, -0.2) is 9.97 Å². The van der Waals surface area contributed by atoms with E-state index >= 15 is 0 Å². The molecule has 0 saturated carbocycles. The fourth-order valence-corrected chi connectivity index (χ4v) is 3.45. The molecule has 6 nitrogen and oxygen atoms in total. The summed E-state index contributed by atoms with van der Waals surface area (Å²) in [6, 6.07) is 15.9. The van der Waals surface area contributed by atoms with Crippen LogP contribution < -0.4 is 0 Å². The maximum atomic E-state index is 10.9. The zero-order valence-electron chi connectivity index (χ0n) is 13.5. The van der Waals surface area contributed by atoms with E-state index in [0.29, 0.717) is 28.2 Å². The Morgan fingerprint density at radius 1 is 0.808 bits per heavy atom. The highest BCUT2D eigenvalue weighted by molar-refractivity contribution is 7.78. The Kier molecular flexibility index (Phi) is 6.00. The van der Waals surface area contributed by atoms with Gasteiger partial charge in [-0.15, -0.1) is 0 Å². The highest BCUT2D eigenvalue weighted by Crippen LogP contribution is 2.23. The molecule has 0 N–H and O–H groups in total. The number of rotatable bonds is 6. The second-order valence-electron chi connectivity index (χ2n) is 5.56. The lowest BCUT2D eigenvalue weighted by Gasteiger charge is -2.09. The van der Waals surface area contributed by atoms with Gasteiger partial charge in [0.2, 0.25) is 0 Å². The van der Waals surface area contributed by atoms with Crippen molar-refractivity contribution in [3.63, 3.8) is 0 Å². The highest BCUT2D eigenvalue weighted by Gasteiger charge is 2.07. The van der Waals surface area contributed by atoms with Crippen molar-refractivity contribution in [1.29, 1.82) is 0 Å². The van der Waals surface area contributed by atoms with Crippen molar-refractivity contribution in [3.8, 4) is 22.6 Å². The van der Waals surface area contributed by atoms with E-state index in [-0.39, 0.29) is 11.5 Å². The number of nitrogens with zero attached hydrogens (tertiary/aromatic N) is 2. The topological polar surface area (TPSA) is 106 Å². The first-order chi connectivity index (χ1) is 12.5. The highest BCUT2D eigenvalue weighted by atomic mass is 32.2. The molecule has 2 unspecified atom stereocenters. The van der Waals surface area contributed by atoms with E-state index in [9.17, 15) is 17.5 Å². The third kappa shape index (κ3) is 4.89. The van der Waals surface area contributed by atoms with Gasteiger partial charge in [0.1, 0.15) is 0 Å². The summed E-state index contributed by atoms with van der Waals surface area (Å²) >= 11 is -4.32. The predicted molar refractivity (Wildman–Crippen MR) is 98.2 cm³/mol. The molecule has 1 heterocycles. The van der Waals surface area contributed by atoms with E-state index in [0.717, 1.165) is 5.56 Å². The standard InChI is InChI=1S/C18H16N2O4S2/c21-25(22)11-13-3-1-5-15(9-13)17-7-8-19-18(20-17)16-6-2-4-14(10-16)12-26(23)24/h1-10H,11-12H2,(H,21,22)(H,23,24)/p-2. The van der Waals surface area contributed by atoms with Crippen molar-refractivity contribution in [1.82, 2.24) is 9.97 Å². The molecular weight excluding hydrogens is 372 g/mol. The summed E-state index contributed by atoms with van der Waals surface area (Å²) in [5.74, 6) is 0.348. The summed E-state index contributed by atoms with van der Waals surface area (Å²) in [7, 11) is 0. The fraction of sp³-hybridized carbons (Fsp3) is 0.111. The van der Waals surface area contributed by atoms with Gasteiger partial charge in [-0.05, 0) is 29.3 Å². The molecule has 0 spiro atoms. The van der Waals surface area contributed by atoms with E-state index < -0.39 is 22.2 Å². The molecule has 0 amide bonds. The molecule has 26 heavy (non-hydrogen) atoms. The van der Waals surface area contributed by atoms with Crippen molar-refractivity contribution >= 4 is 22.2 Å². The summed E-state index contributed by atoms with van der Waals surface area (Å²) in [5, 5.41) is 0. The SMILES string of the molecule is O=S([O-])Cc1cccc(-c2ccnc(-c3cccc(CS(=O)[O-])c3)n2)c1. The normalized spacial score (nSPS) is 13.3. The quantitative estimate of drug-likeness (QED) is 0.603. The Hall–Kier alpha value is -2.26. The van der Waals surface area contributed by atoms with Crippen molar-refractivity contribution in [3.05, 3.63) is 71.9 Å². The second-order valence-corrected chi connectivity index (χ2v) is 7.35. The Bertz CT molecular complexity index is 904. The molecule has 0 fully saturated rings. The van der Waals surface area contributed by atoms with Gasteiger partial charge < -0.3 is 9.11 Å². The molecule has 0 bridgehead atoms. The van der Waals surface area contributed by atoms with Crippen LogP contribution in [0.25, 0.3) is 22.6 Å². The lowest BCUT2D eigenvalue weighted by Crippen LogP contribution is -1.96. The van der Waals surface area contributed by atoms with Gasteiger partial charge in [-0.1, -0.05) is 58.6 Å². The average molecular weight is 386 g/mol. The number of hydrogen-bond donors (Lipinski definition) is 0. The first-order valence-corrected chi connectivity index (χ1v) is 10.1. The van der Waals surface area contributed by atoms with Gasteiger partial charge in [0.05, 0.1) is 5.69 Å². The van der Waals surface area contributed by atoms with Gasteiger partial charge >= 0.3 is 0 Å². The van der Waals surface area contributed by atoms with Crippen LogP contribution in [0.15, 0.2) is 60.8 Å². The van der Waals surface area contributed by atoms with Gasteiger partial charge in [-0.3, -0.25) is 8.42 Å². The molecule has 2 atom stereocenters. The minimum Gasteiger partial charge on any atom is -0.772 e. The summed E-state index contributed by atoms with van der Waals surface area (Å²) in [4.78, 5) is 8.80. The molecule has 134 valence electrons. The second kappa shape index (κ2) is 8.41. The van der Waals surface area contributed by atoms with Gasteiger partial charge in [-0.2, -0.15) is 0 Å². The van der Waals surface area contributed by atoms with Gasteiger partial charge in [0.15, 0.2) is 5.82 Å². The number of benzene rings is 2. The van der Waals surface area contributed by atoms with Crippen molar-refractivity contribution < 1.29 is 17.5 Å².